The summed E-state index contributed by atoms with van der Waals surface area (Å²) in [6, 6.07) is 6.04. The van der Waals surface area contributed by atoms with Crippen LogP contribution in [0.1, 0.15) is 43.2 Å². The minimum atomic E-state index is -0.0382. The van der Waals surface area contributed by atoms with Crippen molar-refractivity contribution in [1.82, 2.24) is 15.5 Å². The number of nitrogens with zero attached hydrogens (tertiary/aromatic N) is 1. The van der Waals surface area contributed by atoms with Crippen LogP contribution in [-0.4, -0.2) is 55.5 Å². The van der Waals surface area contributed by atoms with Crippen LogP contribution >= 0.6 is 0 Å². The third-order valence-corrected chi connectivity index (χ3v) is 5.72. The van der Waals surface area contributed by atoms with E-state index >= 15 is 0 Å². The molecular formula is C22H33N3O3. The predicted octanol–water partition coefficient (Wildman–Crippen LogP) is 2.18. The Morgan fingerprint density at radius 2 is 2.11 bits per heavy atom. The fourth-order valence-corrected chi connectivity index (χ4v) is 4.10. The van der Waals surface area contributed by atoms with Gasteiger partial charge in [0.25, 0.3) is 0 Å². The lowest BCUT2D eigenvalue weighted by molar-refractivity contribution is -0.133. The smallest absolute Gasteiger partial charge is 0.237 e. The lowest BCUT2D eigenvalue weighted by atomic mass is 9.97. The molecule has 0 aromatic heterocycles. The number of hydrogen-bond donors (Lipinski definition) is 2. The van der Waals surface area contributed by atoms with Crippen molar-refractivity contribution in [3.05, 3.63) is 29.3 Å². The number of rotatable bonds is 7. The second kappa shape index (κ2) is 9.92. The van der Waals surface area contributed by atoms with Crippen LogP contribution in [0, 0.1) is 19.8 Å². The van der Waals surface area contributed by atoms with E-state index in [-0.39, 0.29) is 17.9 Å². The Balaban J connectivity index is 1.39. The van der Waals surface area contributed by atoms with Gasteiger partial charge in [0.15, 0.2) is 0 Å². The Labute approximate surface area is 168 Å². The Hall–Kier alpha value is -2.08. The van der Waals surface area contributed by atoms with Gasteiger partial charge in [0.2, 0.25) is 11.8 Å². The molecule has 2 aliphatic heterocycles. The van der Waals surface area contributed by atoms with Gasteiger partial charge < -0.3 is 20.3 Å². The maximum absolute atomic E-state index is 12.6. The number of benzene rings is 1. The Kier molecular flexibility index (Phi) is 7.31. The zero-order valence-corrected chi connectivity index (χ0v) is 17.1. The maximum atomic E-state index is 12.6. The summed E-state index contributed by atoms with van der Waals surface area (Å²) in [5.41, 5.74) is 2.30. The van der Waals surface area contributed by atoms with Gasteiger partial charge in [0, 0.05) is 19.6 Å². The Morgan fingerprint density at radius 3 is 2.86 bits per heavy atom. The van der Waals surface area contributed by atoms with Crippen molar-refractivity contribution in [3.8, 4) is 5.75 Å². The van der Waals surface area contributed by atoms with E-state index in [2.05, 4.69) is 23.6 Å². The van der Waals surface area contributed by atoms with E-state index in [0.29, 0.717) is 25.5 Å². The molecule has 2 amide bonds. The highest BCUT2D eigenvalue weighted by molar-refractivity contribution is 5.82. The topological polar surface area (TPSA) is 70.7 Å². The Morgan fingerprint density at radius 1 is 1.25 bits per heavy atom. The molecule has 0 aliphatic carbocycles. The lowest BCUT2D eigenvalue weighted by Gasteiger charge is -2.33. The molecule has 0 spiro atoms. The highest BCUT2D eigenvalue weighted by Gasteiger charge is 2.26. The normalized spacial score (nSPS) is 22.1. The van der Waals surface area contributed by atoms with Crippen LogP contribution < -0.4 is 15.4 Å². The SMILES string of the molecule is Cc1ccc(OCCC(=O)N2CCCC(CNC(=O)C3CCCN3)C2)c(C)c1. The molecule has 2 unspecified atom stereocenters. The van der Waals surface area contributed by atoms with Crippen LogP contribution in [0.4, 0.5) is 0 Å². The summed E-state index contributed by atoms with van der Waals surface area (Å²) in [5, 5.41) is 6.29. The monoisotopic (exact) mass is 387 g/mol. The van der Waals surface area contributed by atoms with Crippen molar-refractivity contribution in [1.29, 1.82) is 0 Å². The molecule has 2 N–H and O–H groups in total. The molecule has 3 rings (SSSR count). The zero-order valence-electron chi connectivity index (χ0n) is 17.1. The van der Waals surface area contributed by atoms with Gasteiger partial charge in [-0.15, -0.1) is 0 Å². The average Bonchev–Trinajstić information content (AvgIpc) is 3.23. The first-order valence-corrected chi connectivity index (χ1v) is 10.5. The molecule has 0 bridgehead atoms. The van der Waals surface area contributed by atoms with Crippen LogP contribution in [0.2, 0.25) is 0 Å². The summed E-state index contributed by atoms with van der Waals surface area (Å²) in [4.78, 5) is 26.7. The number of aryl methyl sites for hydroxylation is 2. The molecule has 1 aromatic carbocycles. The summed E-state index contributed by atoms with van der Waals surface area (Å²) in [6.07, 6.45) is 4.42. The molecule has 6 heteroatoms. The van der Waals surface area contributed by atoms with Crippen LogP contribution in [0.15, 0.2) is 18.2 Å². The third kappa shape index (κ3) is 5.71. The van der Waals surface area contributed by atoms with Crippen molar-refractivity contribution in [2.45, 2.75) is 52.0 Å². The van der Waals surface area contributed by atoms with Gasteiger partial charge in [-0.3, -0.25) is 9.59 Å². The minimum absolute atomic E-state index is 0.0382. The molecule has 2 heterocycles. The molecule has 154 valence electrons. The number of amides is 2. The van der Waals surface area contributed by atoms with E-state index in [0.717, 1.165) is 56.6 Å². The molecule has 28 heavy (non-hydrogen) atoms. The predicted molar refractivity (Wildman–Crippen MR) is 109 cm³/mol. The first kappa shape index (κ1) is 20.6. The van der Waals surface area contributed by atoms with Gasteiger partial charge in [-0.25, -0.2) is 0 Å². The molecule has 6 nitrogen and oxygen atoms in total. The molecule has 2 fully saturated rings. The van der Waals surface area contributed by atoms with Crippen molar-refractivity contribution in [2.75, 3.05) is 32.8 Å². The van der Waals surface area contributed by atoms with E-state index in [4.69, 9.17) is 4.74 Å². The largest absolute Gasteiger partial charge is 0.493 e. The van der Waals surface area contributed by atoms with E-state index in [1.54, 1.807) is 0 Å². The molecule has 2 atom stereocenters. The Bertz CT molecular complexity index is 686. The minimum Gasteiger partial charge on any atom is -0.493 e. The number of carbonyl (C=O) groups is 2. The molecule has 0 saturated carbocycles. The number of ether oxygens (including phenoxy) is 1. The third-order valence-electron chi connectivity index (χ3n) is 5.72. The van der Waals surface area contributed by atoms with Gasteiger partial charge in [0.05, 0.1) is 19.1 Å². The van der Waals surface area contributed by atoms with Crippen molar-refractivity contribution >= 4 is 11.8 Å². The fourth-order valence-electron chi connectivity index (χ4n) is 4.10. The molecule has 2 saturated heterocycles. The van der Waals surface area contributed by atoms with Crippen LogP contribution in [0.25, 0.3) is 0 Å². The standard InChI is InChI=1S/C22H33N3O3/c1-16-7-8-20(17(2)13-16)28-12-9-21(26)25-11-4-5-18(15-25)14-24-22(27)19-6-3-10-23-19/h7-8,13,18-19,23H,3-6,9-12,14-15H2,1-2H3,(H,24,27). The average molecular weight is 388 g/mol. The fraction of sp³-hybridized carbons (Fsp3) is 0.636. The molecular weight excluding hydrogens is 354 g/mol. The van der Waals surface area contributed by atoms with Crippen LogP contribution in [-0.2, 0) is 9.59 Å². The first-order valence-electron chi connectivity index (χ1n) is 10.5. The number of nitrogens with one attached hydrogen (secondary N) is 2. The lowest BCUT2D eigenvalue weighted by Crippen LogP contribution is -2.46. The molecule has 1 aromatic rings. The zero-order chi connectivity index (χ0) is 19.9. The summed E-state index contributed by atoms with van der Waals surface area (Å²) in [5.74, 6) is 1.42. The van der Waals surface area contributed by atoms with Gasteiger partial charge >= 0.3 is 0 Å². The van der Waals surface area contributed by atoms with E-state index in [1.165, 1.54) is 5.56 Å². The second-order valence-corrected chi connectivity index (χ2v) is 8.11. The van der Waals surface area contributed by atoms with Crippen molar-refractivity contribution < 1.29 is 14.3 Å². The first-order chi connectivity index (χ1) is 13.5. The van der Waals surface area contributed by atoms with Crippen LogP contribution in [0.5, 0.6) is 5.75 Å². The molecule has 2 aliphatic rings. The number of piperidine rings is 1. The number of carbonyl (C=O) groups excluding carboxylic acids is 2. The van der Waals surface area contributed by atoms with Gasteiger partial charge in [-0.05, 0) is 63.6 Å². The molecule has 0 radical (unpaired) electrons. The highest BCUT2D eigenvalue weighted by atomic mass is 16.5. The van der Waals surface area contributed by atoms with Crippen molar-refractivity contribution in [2.24, 2.45) is 5.92 Å². The summed E-state index contributed by atoms with van der Waals surface area (Å²) in [6.45, 7) is 7.58. The van der Waals surface area contributed by atoms with Crippen molar-refractivity contribution in [3.63, 3.8) is 0 Å². The van der Waals surface area contributed by atoms with Crippen LogP contribution in [0.3, 0.4) is 0 Å². The summed E-state index contributed by atoms with van der Waals surface area (Å²) < 4.78 is 5.80. The number of likely N-dealkylation sites (tertiary alicyclic amines) is 1. The quantitative estimate of drug-likeness (QED) is 0.752. The summed E-state index contributed by atoms with van der Waals surface area (Å²) in [7, 11) is 0. The van der Waals surface area contributed by atoms with Gasteiger partial charge in [0.1, 0.15) is 5.75 Å². The number of hydrogen-bond acceptors (Lipinski definition) is 4. The maximum Gasteiger partial charge on any atom is 0.237 e. The second-order valence-electron chi connectivity index (χ2n) is 8.11. The van der Waals surface area contributed by atoms with E-state index in [9.17, 15) is 9.59 Å². The van der Waals surface area contributed by atoms with E-state index in [1.807, 2.05) is 24.0 Å². The summed E-state index contributed by atoms with van der Waals surface area (Å²) >= 11 is 0. The van der Waals surface area contributed by atoms with Gasteiger partial charge in [-0.2, -0.15) is 0 Å². The van der Waals surface area contributed by atoms with Gasteiger partial charge in [-0.1, -0.05) is 17.7 Å². The highest BCUT2D eigenvalue weighted by Crippen LogP contribution is 2.20. The van der Waals surface area contributed by atoms with E-state index < -0.39 is 0 Å².